The van der Waals surface area contributed by atoms with E-state index in [-0.39, 0.29) is 0 Å². The Hall–Kier alpha value is -0.870. The summed E-state index contributed by atoms with van der Waals surface area (Å²) in [5.41, 5.74) is 1.16. The molecule has 0 bridgehead atoms. The van der Waals surface area contributed by atoms with Crippen LogP contribution in [-0.4, -0.2) is 48.2 Å². The molecule has 1 unspecified atom stereocenters. The number of nitrogens with zero attached hydrogens (tertiary/aromatic N) is 2. The van der Waals surface area contributed by atoms with Crippen LogP contribution in [0.5, 0.6) is 0 Å². The Bertz CT molecular complexity index is 324. The lowest BCUT2D eigenvalue weighted by atomic mass is 9.97. The molecule has 1 fully saturated rings. The van der Waals surface area contributed by atoms with Crippen molar-refractivity contribution >= 4 is 0 Å². The Morgan fingerprint density at radius 3 is 3.19 bits per heavy atom. The molecule has 1 aromatic heterocycles. The van der Waals surface area contributed by atoms with Crippen LogP contribution in [0.2, 0.25) is 0 Å². The molecule has 1 aliphatic heterocycles. The van der Waals surface area contributed by atoms with Crippen LogP contribution in [0, 0.1) is 6.92 Å². The summed E-state index contributed by atoms with van der Waals surface area (Å²) in [5.74, 6) is 1.72. The lowest BCUT2D eigenvalue weighted by Crippen LogP contribution is -2.36. The van der Waals surface area contributed by atoms with Gasteiger partial charge >= 0.3 is 0 Å². The molecule has 0 amide bonds. The summed E-state index contributed by atoms with van der Waals surface area (Å²) in [5, 5.41) is 0. The van der Waals surface area contributed by atoms with Crippen molar-refractivity contribution in [3.8, 4) is 0 Å². The maximum Gasteiger partial charge on any atom is 0.110 e. The first-order chi connectivity index (χ1) is 7.79. The van der Waals surface area contributed by atoms with Crippen molar-refractivity contribution in [1.29, 1.82) is 0 Å². The number of likely N-dealkylation sites (tertiary alicyclic amines) is 1. The summed E-state index contributed by atoms with van der Waals surface area (Å²) in [7, 11) is 1.76. The Kier molecular flexibility index (Phi) is 3.96. The lowest BCUT2D eigenvalue weighted by Gasteiger charge is -2.31. The first kappa shape index (κ1) is 11.6. The van der Waals surface area contributed by atoms with Gasteiger partial charge in [-0.25, -0.2) is 4.98 Å². The molecule has 0 spiro atoms. The molecule has 0 saturated carbocycles. The molecule has 0 radical (unpaired) electrons. The first-order valence-corrected chi connectivity index (χ1v) is 6.02. The third-order valence-corrected chi connectivity index (χ3v) is 3.23. The predicted molar refractivity (Wildman–Crippen MR) is 63.6 cm³/mol. The fourth-order valence-electron chi connectivity index (χ4n) is 2.34. The van der Waals surface area contributed by atoms with Gasteiger partial charge in [0, 0.05) is 38.0 Å². The fourth-order valence-corrected chi connectivity index (χ4v) is 2.34. The minimum Gasteiger partial charge on any atom is -0.383 e. The molecule has 2 heterocycles. The summed E-state index contributed by atoms with van der Waals surface area (Å²) < 4.78 is 5.12. The van der Waals surface area contributed by atoms with E-state index in [0.29, 0.717) is 5.92 Å². The standard InChI is InChI=1S/C12H21N3O/c1-10-8-13-12(14-10)11-4-3-5-15(9-11)6-7-16-2/h8,11H,3-7,9H2,1-2H3,(H,13,14). The molecular formula is C12H21N3O. The Labute approximate surface area is 97.0 Å². The molecule has 90 valence electrons. The molecule has 1 aromatic rings. The summed E-state index contributed by atoms with van der Waals surface area (Å²) in [6.07, 6.45) is 4.42. The smallest absolute Gasteiger partial charge is 0.110 e. The van der Waals surface area contributed by atoms with E-state index in [1.165, 1.54) is 19.4 Å². The molecular weight excluding hydrogens is 202 g/mol. The second-order valence-corrected chi connectivity index (χ2v) is 4.58. The summed E-state index contributed by atoms with van der Waals surface area (Å²) >= 11 is 0. The highest BCUT2D eigenvalue weighted by Gasteiger charge is 2.22. The second kappa shape index (κ2) is 5.46. The zero-order chi connectivity index (χ0) is 11.4. The molecule has 1 atom stereocenters. The quantitative estimate of drug-likeness (QED) is 0.842. The van der Waals surface area contributed by atoms with Crippen LogP contribution in [0.1, 0.15) is 30.3 Å². The normalized spacial score (nSPS) is 22.5. The van der Waals surface area contributed by atoms with E-state index in [1.54, 1.807) is 7.11 Å². The van der Waals surface area contributed by atoms with Gasteiger partial charge in [0.05, 0.1) is 6.61 Å². The van der Waals surface area contributed by atoms with Crippen LogP contribution in [-0.2, 0) is 4.74 Å². The van der Waals surface area contributed by atoms with Crippen molar-refractivity contribution in [2.75, 3.05) is 33.4 Å². The number of H-pyrrole nitrogens is 1. The molecule has 0 aromatic carbocycles. The maximum absolute atomic E-state index is 5.12. The van der Waals surface area contributed by atoms with Gasteiger partial charge in [-0.05, 0) is 26.3 Å². The van der Waals surface area contributed by atoms with E-state index in [4.69, 9.17) is 4.74 Å². The molecule has 16 heavy (non-hydrogen) atoms. The number of imidazole rings is 1. The SMILES string of the molecule is COCCN1CCCC(c2ncc(C)[nH]2)C1. The topological polar surface area (TPSA) is 41.1 Å². The first-order valence-electron chi connectivity index (χ1n) is 6.02. The molecule has 0 aliphatic carbocycles. The number of aromatic amines is 1. The van der Waals surface area contributed by atoms with Crippen molar-refractivity contribution in [2.45, 2.75) is 25.7 Å². The number of rotatable bonds is 4. The van der Waals surface area contributed by atoms with Crippen LogP contribution in [0.25, 0.3) is 0 Å². The van der Waals surface area contributed by atoms with Gasteiger partial charge in [0.25, 0.3) is 0 Å². The third kappa shape index (κ3) is 2.83. The summed E-state index contributed by atoms with van der Waals surface area (Å²) in [6.45, 7) is 6.22. The van der Waals surface area contributed by atoms with Crippen molar-refractivity contribution in [3.63, 3.8) is 0 Å². The Balaban J connectivity index is 1.91. The van der Waals surface area contributed by atoms with Gasteiger partial charge in [-0.15, -0.1) is 0 Å². The number of aromatic nitrogens is 2. The number of ether oxygens (including phenoxy) is 1. The molecule has 1 saturated heterocycles. The zero-order valence-corrected chi connectivity index (χ0v) is 10.2. The number of piperidine rings is 1. The van der Waals surface area contributed by atoms with Crippen LogP contribution >= 0.6 is 0 Å². The van der Waals surface area contributed by atoms with Crippen LogP contribution in [0.15, 0.2) is 6.20 Å². The van der Waals surface area contributed by atoms with Crippen molar-refractivity contribution < 1.29 is 4.74 Å². The van der Waals surface area contributed by atoms with E-state index in [0.717, 1.165) is 31.2 Å². The van der Waals surface area contributed by atoms with Crippen molar-refractivity contribution in [2.24, 2.45) is 0 Å². The number of hydrogen-bond donors (Lipinski definition) is 1. The van der Waals surface area contributed by atoms with Crippen LogP contribution in [0.4, 0.5) is 0 Å². The van der Waals surface area contributed by atoms with Crippen LogP contribution in [0.3, 0.4) is 0 Å². The molecule has 4 nitrogen and oxygen atoms in total. The summed E-state index contributed by atoms with van der Waals surface area (Å²) in [4.78, 5) is 10.3. The average molecular weight is 223 g/mol. The van der Waals surface area contributed by atoms with Gasteiger partial charge in [-0.2, -0.15) is 0 Å². The van der Waals surface area contributed by atoms with E-state index in [2.05, 4.69) is 21.8 Å². The largest absolute Gasteiger partial charge is 0.383 e. The van der Waals surface area contributed by atoms with E-state index in [1.807, 2.05) is 6.20 Å². The highest BCUT2D eigenvalue weighted by Crippen LogP contribution is 2.24. The second-order valence-electron chi connectivity index (χ2n) is 4.58. The van der Waals surface area contributed by atoms with Gasteiger partial charge < -0.3 is 14.6 Å². The number of aryl methyl sites for hydroxylation is 1. The predicted octanol–water partition coefficient (Wildman–Crippen LogP) is 1.54. The maximum atomic E-state index is 5.12. The zero-order valence-electron chi connectivity index (χ0n) is 10.2. The highest BCUT2D eigenvalue weighted by atomic mass is 16.5. The molecule has 1 N–H and O–H groups in total. The van der Waals surface area contributed by atoms with E-state index >= 15 is 0 Å². The molecule has 2 rings (SSSR count). The Morgan fingerprint density at radius 1 is 1.62 bits per heavy atom. The minimum absolute atomic E-state index is 0.569. The van der Waals surface area contributed by atoms with Gasteiger partial charge in [0.1, 0.15) is 5.82 Å². The molecule has 1 aliphatic rings. The van der Waals surface area contributed by atoms with E-state index in [9.17, 15) is 0 Å². The van der Waals surface area contributed by atoms with Crippen molar-refractivity contribution in [1.82, 2.24) is 14.9 Å². The number of hydrogen-bond acceptors (Lipinski definition) is 3. The lowest BCUT2D eigenvalue weighted by molar-refractivity contribution is 0.127. The van der Waals surface area contributed by atoms with Gasteiger partial charge in [-0.3, -0.25) is 0 Å². The minimum atomic E-state index is 0.569. The van der Waals surface area contributed by atoms with Gasteiger partial charge in [0.15, 0.2) is 0 Å². The van der Waals surface area contributed by atoms with Crippen LogP contribution < -0.4 is 0 Å². The molecule has 4 heteroatoms. The Morgan fingerprint density at radius 2 is 2.50 bits per heavy atom. The highest BCUT2D eigenvalue weighted by molar-refractivity contribution is 5.05. The van der Waals surface area contributed by atoms with E-state index < -0.39 is 0 Å². The average Bonchev–Trinajstić information content (AvgIpc) is 2.74. The van der Waals surface area contributed by atoms with Gasteiger partial charge in [0.2, 0.25) is 0 Å². The fraction of sp³-hybridized carbons (Fsp3) is 0.750. The van der Waals surface area contributed by atoms with Gasteiger partial charge in [-0.1, -0.05) is 0 Å². The number of methoxy groups -OCH3 is 1. The summed E-state index contributed by atoms with van der Waals surface area (Å²) in [6, 6.07) is 0. The van der Waals surface area contributed by atoms with Crippen molar-refractivity contribution in [3.05, 3.63) is 17.7 Å². The third-order valence-electron chi connectivity index (χ3n) is 3.23. The number of nitrogens with one attached hydrogen (secondary N) is 1. The monoisotopic (exact) mass is 223 g/mol.